The fraction of sp³-hybridized carbons (Fsp3) is 0.381. The van der Waals surface area contributed by atoms with E-state index in [9.17, 15) is 9.59 Å². The summed E-state index contributed by atoms with van der Waals surface area (Å²) < 4.78 is 13.1. The highest BCUT2D eigenvalue weighted by Gasteiger charge is 2.16. The molecule has 0 fully saturated rings. The molecule has 0 radical (unpaired) electrons. The molecule has 29 heavy (non-hydrogen) atoms. The fourth-order valence-electron chi connectivity index (χ4n) is 3.41. The highest BCUT2D eigenvalue weighted by atomic mass is 16.5. The van der Waals surface area contributed by atoms with Gasteiger partial charge in [0.05, 0.1) is 19.9 Å². The van der Waals surface area contributed by atoms with Crippen LogP contribution in [0.25, 0.3) is 11.0 Å². The van der Waals surface area contributed by atoms with Crippen molar-refractivity contribution in [1.29, 1.82) is 0 Å². The molecule has 8 nitrogen and oxygen atoms in total. The van der Waals surface area contributed by atoms with E-state index in [2.05, 4.69) is 10.3 Å². The van der Waals surface area contributed by atoms with Gasteiger partial charge in [-0.05, 0) is 36.1 Å². The fourth-order valence-corrected chi connectivity index (χ4v) is 3.41. The van der Waals surface area contributed by atoms with Crippen molar-refractivity contribution in [2.45, 2.75) is 19.8 Å². The monoisotopic (exact) mass is 398 g/mol. The van der Waals surface area contributed by atoms with Crippen LogP contribution >= 0.6 is 0 Å². The number of ether oxygens (including phenoxy) is 2. The molecule has 3 aromatic rings. The van der Waals surface area contributed by atoms with Crippen LogP contribution in [0.4, 0.5) is 5.69 Å². The molecule has 1 N–H and O–H groups in total. The number of aryl methyl sites for hydroxylation is 2. The van der Waals surface area contributed by atoms with Crippen molar-refractivity contribution >= 4 is 16.7 Å². The van der Waals surface area contributed by atoms with E-state index in [4.69, 9.17) is 9.47 Å². The maximum atomic E-state index is 12.8. The zero-order valence-electron chi connectivity index (χ0n) is 17.4. The third kappa shape index (κ3) is 3.70. The zero-order valence-corrected chi connectivity index (χ0v) is 17.4. The normalized spacial score (nSPS) is 10.9. The van der Waals surface area contributed by atoms with Gasteiger partial charge in [-0.15, -0.1) is 0 Å². The smallest absolute Gasteiger partial charge is 0.332 e. The van der Waals surface area contributed by atoms with Crippen LogP contribution in [-0.2, 0) is 26.9 Å². The molecule has 0 aliphatic rings. The Kier molecular flexibility index (Phi) is 5.91. The molecule has 3 rings (SSSR count). The molecule has 0 bridgehead atoms. The summed E-state index contributed by atoms with van der Waals surface area (Å²) in [5.41, 5.74) is 2.38. The van der Waals surface area contributed by atoms with Crippen LogP contribution in [0.2, 0.25) is 0 Å². The number of rotatable bonds is 7. The van der Waals surface area contributed by atoms with Gasteiger partial charge in [0.25, 0.3) is 5.56 Å². The summed E-state index contributed by atoms with van der Waals surface area (Å²) in [6, 6.07) is 5.80. The quantitative estimate of drug-likeness (QED) is 0.654. The summed E-state index contributed by atoms with van der Waals surface area (Å²) in [4.78, 5) is 29.4. The van der Waals surface area contributed by atoms with Gasteiger partial charge in [-0.25, -0.2) is 9.78 Å². The summed E-state index contributed by atoms with van der Waals surface area (Å²) in [5, 5.41) is 3.83. The van der Waals surface area contributed by atoms with Crippen molar-refractivity contribution in [2.24, 2.45) is 14.1 Å². The van der Waals surface area contributed by atoms with E-state index in [0.29, 0.717) is 35.5 Å². The van der Waals surface area contributed by atoms with Gasteiger partial charge in [-0.3, -0.25) is 13.9 Å². The third-order valence-corrected chi connectivity index (χ3v) is 5.09. The van der Waals surface area contributed by atoms with E-state index in [-0.39, 0.29) is 5.56 Å². The number of hydrogen-bond acceptors (Lipinski definition) is 6. The summed E-state index contributed by atoms with van der Waals surface area (Å²) in [5.74, 6) is 1.36. The SMILES string of the molecule is CCc1cnc2c(c1NCCc1ccc(OC)c(OC)c1)c(=O)n(C)c(=O)n2C. The highest BCUT2D eigenvalue weighted by molar-refractivity contribution is 5.90. The maximum Gasteiger partial charge on any atom is 0.332 e. The lowest BCUT2D eigenvalue weighted by molar-refractivity contribution is 0.354. The number of nitrogens with zero attached hydrogens (tertiary/aromatic N) is 3. The second-order valence-electron chi connectivity index (χ2n) is 6.78. The van der Waals surface area contributed by atoms with E-state index >= 15 is 0 Å². The summed E-state index contributed by atoms with van der Waals surface area (Å²) in [6.45, 7) is 2.61. The number of hydrogen-bond donors (Lipinski definition) is 1. The van der Waals surface area contributed by atoms with Gasteiger partial charge >= 0.3 is 5.69 Å². The Bertz CT molecular complexity index is 1160. The van der Waals surface area contributed by atoms with Gasteiger partial charge in [0, 0.05) is 26.8 Å². The van der Waals surface area contributed by atoms with E-state index in [1.54, 1.807) is 27.5 Å². The second-order valence-corrected chi connectivity index (χ2v) is 6.78. The van der Waals surface area contributed by atoms with E-state index in [1.165, 1.54) is 11.6 Å². The number of methoxy groups -OCH3 is 2. The lowest BCUT2D eigenvalue weighted by Gasteiger charge is -2.16. The van der Waals surface area contributed by atoms with Crippen molar-refractivity contribution in [3.63, 3.8) is 0 Å². The van der Waals surface area contributed by atoms with Crippen molar-refractivity contribution in [3.8, 4) is 11.5 Å². The molecule has 1 aromatic carbocycles. The minimum Gasteiger partial charge on any atom is -0.493 e. The van der Waals surface area contributed by atoms with Crippen LogP contribution in [0.1, 0.15) is 18.1 Å². The Labute approximate surface area is 168 Å². The maximum absolute atomic E-state index is 12.8. The van der Waals surface area contributed by atoms with Crippen LogP contribution in [0.5, 0.6) is 11.5 Å². The second kappa shape index (κ2) is 8.38. The molecule has 0 unspecified atom stereocenters. The van der Waals surface area contributed by atoms with E-state index in [1.807, 2.05) is 25.1 Å². The van der Waals surface area contributed by atoms with Gasteiger partial charge in [0.15, 0.2) is 17.1 Å². The van der Waals surface area contributed by atoms with E-state index < -0.39 is 5.69 Å². The molecule has 0 saturated carbocycles. The molecular weight excluding hydrogens is 372 g/mol. The Morgan fingerprint density at radius 2 is 1.79 bits per heavy atom. The molecule has 8 heteroatoms. The molecule has 154 valence electrons. The average molecular weight is 398 g/mol. The van der Waals surface area contributed by atoms with Crippen molar-refractivity contribution in [2.75, 3.05) is 26.1 Å². The third-order valence-electron chi connectivity index (χ3n) is 5.09. The molecule has 2 aromatic heterocycles. The van der Waals surface area contributed by atoms with Gasteiger partial charge in [-0.1, -0.05) is 13.0 Å². The molecule has 0 amide bonds. The molecule has 0 atom stereocenters. The van der Waals surface area contributed by atoms with Gasteiger partial charge in [0.2, 0.25) is 0 Å². The summed E-state index contributed by atoms with van der Waals surface area (Å²) in [7, 11) is 6.32. The standard InChI is InChI=1S/C21H26N4O4/c1-6-14-12-23-19-17(20(26)25(3)21(27)24(19)2)18(14)22-10-9-13-7-8-15(28-4)16(11-13)29-5/h7-8,11-12H,6,9-10H2,1-5H3,(H,22,23). The van der Waals surface area contributed by atoms with Gasteiger partial charge in [-0.2, -0.15) is 0 Å². The Morgan fingerprint density at radius 1 is 1.07 bits per heavy atom. The Hall–Kier alpha value is -3.29. The topological polar surface area (TPSA) is 87.4 Å². The molecule has 0 spiro atoms. The van der Waals surface area contributed by atoms with Crippen LogP contribution in [0.3, 0.4) is 0 Å². The molecule has 0 saturated heterocycles. The largest absolute Gasteiger partial charge is 0.493 e. The minimum absolute atomic E-state index is 0.348. The number of benzene rings is 1. The number of aromatic nitrogens is 3. The summed E-state index contributed by atoms with van der Waals surface area (Å²) >= 11 is 0. The molecular formula is C21H26N4O4. The van der Waals surface area contributed by atoms with Crippen LogP contribution < -0.4 is 26.0 Å². The number of anilines is 1. The van der Waals surface area contributed by atoms with Crippen molar-refractivity contribution in [1.82, 2.24) is 14.1 Å². The molecule has 0 aliphatic heterocycles. The number of nitrogens with one attached hydrogen (secondary N) is 1. The highest BCUT2D eigenvalue weighted by Crippen LogP contribution is 2.28. The minimum atomic E-state index is -0.393. The Balaban J connectivity index is 1.96. The zero-order chi connectivity index (χ0) is 21.1. The average Bonchev–Trinajstić information content (AvgIpc) is 2.75. The van der Waals surface area contributed by atoms with E-state index in [0.717, 1.165) is 27.8 Å². The lowest BCUT2D eigenvalue weighted by Crippen LogP contribution is -2.37. The van der Waals surface area contributed by atoms with Crippen LogP contribution in [-0.4, -0.2) is 34.9 Å². The van der Waals surface area contributed by atoms with Crippen LogP contribution in [0.15, 0.2) is 34.0 Å². The van der Waals surface area contributed by atoms with Gasteiger partial charge < -0.3 is 14.8 Å². The van der Waals surface area contributed by atoms with Crippen LogP contribution in [0, 0.1) is 0 Å². The summed E-state index contributed by atoms with van der Waals surface area (Å²) in [6.07, 6.45) is 3.16. The first-order valence-corrected chi connectivity index (χ1v) is 9.45. The first-order valence-electron chi connectivity index (χ1n) is 9.45. The molecule has 2 heterocycles. The molecule has 0 aliphatic carbocycles. The number of pyridine rings is 1. The van der Waals surface area contributed by atoms with Gasteiger partial charge in [0.1, 0.15) is 5.39 Å². The van der Waals surface area contributed by atoms with Crippen molar-refractivity contribution < 1.29 is 9.47 Å². The first kappa shape index (κ1) is 20.4. The Morgan fingerprint density at radius 3 is 2.45 bits per heavy atom. The van der Waals surface area contributed by atoms with Crippen molar-refractivity contribution in [3.05, 3.63) is 56.4 Å². The first-order chi connectivity index (χ1) is 13.9. The predicted octanol–water partition coefficient (Wildman–Crippen LogP) is 1.87. The predicted molar refractivity (Wildman–Crippen MR) is 113 cm³/mol. The lowest BCUT2D eigenvalue weighted by atomic mass is 10.1. The number of fused-ring (bicyclic) bond motifs is 1.